The van der Waals surface area contributed by atoms with Gasteiger partial charge in [-0.2, -0.15) is 0 Å². The molecular formula is C11H22N2O2. The summed E-state index contributed by atoms with van der Waals surface area (Å²) in [6, 6.07) is 0.442. The Morgan fingerprint density at radius 3 is 2.60 bits per heavy atom. The highest BCUT2D eigenvalue weighted by Crippen LogP contribution is 2.18. The molecule has 0 aliphatic heterocycles. The van der Waals surface area contributed by atoms with Gasteiger partial charge in [-0.25, -0.2) is 0 Å². The summed E-state index contributed by atoms with van der Waals surface area (Å²) in [5.41, 5.74) is -0.693. The van der Waals surface area contributed by atoms with Crippen LogP contribution in [0.15, 0.2) is 0 Å². The minimum Gasteiger partial charge on any atom is -0.389 e. The van der Waals surface area contributed by atoms with Crippen molar-refractivity contribution in [2.45, 2.75) is 44.8 Å². The normalized spacial score (nSPS) is 16.9. The third kappa shape index (κ3) is 6.47. The van der Waals surface area contributed by atoms with E-state index in [4.69, 9.17) is 0 Å². The average Bonchev–Trinajstić information content (AvgIpc) is 2.81. The molecule has 0 aromatic heterocycles. The number of rotatable bonds is 6. The van der Waals surface area contributed by atoms with Crippen LogP contribution in [0.5, 0.6) is 0 Å². The fourth-order valence-corrected chi connectivity index (χ4v) is 1.56. The number of nitrogens with zero attached hydrogens (tertiary/aromatic N) is 1. The van der Waals surface area contributed by atoms with Crippen LogP contribution in [-0.4, -0.2) is 47.7 Å². The van der Waals surface area contributed by atoms with Gasteiger partial charge in [-0.05, 0) is 33.7 Å². The third-order valence-electron chi connectivity index (χ3n) is 2.32. The van der Waals surface area contributed by atoms with Gasteiger partial charge in [0.1, 0.15) is 0 Å². The Morgan fingerprint density at radius 2 is 2.13 bits per heavy atom. The van der Waals surface area contributed by atoms with Gasteiger partial charge in [0, 0.05) is 25.6 Å². The number of carbonyl (C=O) groups is 1. The Bertz CT molecular complexity index is 219. The zero-order valence-electron chi connectivity index (χ0n) is 9.92. The SMILES string of the molecule is CN(CCC(=O)NC1CC1)CC(C)(C)O. The van der Waals surface area contributed by atoms with Crippen LogP contribution in [0.2, 0.25) is 0 Å². The first kappa shape index (κ1) is 12.5. The van der Waals surface area contributed by atoms with Crippen LogP contribution in [0.1, 0.15) is 33.1 Å². The van der Waals surface area contributed by atoms with Crippen LogP contribution >= 0.6 is 0 Å². The molecule has 88 valence electrons. The van der Waals surface area contributed by atoms with Crippen LogP contribution in [0.25, 0.3) is 0 Å². The molecule has 1 aliphatic rings. The van der Waals surface area contributed by atoms with Crippen molar-refractivity contribution in [3.8, 4) is 0 Å². The van der Waals surface area contributed by atoms with Crippen molar-refractivity contribution in [3.63, 3.8) is 0 Å². The summed E-state index contributed by atoms with van der Waals surface area (Å²) in [7, 11) is 1.92. The molecule has 0 spiro atoms. The summed E-state index contributed by atoms with van der Waals surface area (Å²) in [5, 5.41) is 12.5. The molecule has 0 unspecified atom stereocenters. The maximum atomic E-state index is 11.4. The molecule has 4 heteroatoms. The van der Waals surface area contributed by atoms with E-state index in [0.717, 1.165) is 12.8 Å². The van der Waals surface area contributed by atoms with Crippen LogP contribution in [-0.2, 0) is 4.79 Å². The second-order valence-corrected chi connectivity index (χ2v) is 5.14. The number of amides is 1. The van der Waals surface area contributed by atoms with Crippen molar-refractivity contribution < 1.29 is 9.90 Å². The summed E-state index contributed by atoms with van der Waals surface area (Å²) in [6.07, 6.45) is 2.78. The van der Waals surface area contributed by atoms with Crippen molar-refractivity contribution in [2.75, 3.05) is 20.1 Å². The van der Waals surface area contributed by atoms with E-state index in [9.17, 15) is 9.90 Å². The van der Waals surface area contributed by atoms with Gasteiger partial charge in [0.15, 0.2) is 0 Å². The number of hydrogen-bond acceptors (Lipinski definition) is 3. The standard InChI is InChI=1S/C11H22N2O2/c1-11(2,15)8-13(3)7-6-10(14)12-9-4-5-9/h9,15H,4-8H2,1-3H3,(H,12,14). The molecule has 0 radical (unpaired) electrons. The Kier molecular flexibility index (Phi) is 4.11. The highest BCUT2D eigenvalue weighted by atomic mass is 16.3. The second-order valence-electron chi connectivity index (χ2n) is 5.14. The van der Waals surface area contributed by atoms with Gasteiger partial charge in [-0.1, -0.05) is 0 Å². The molecule has 0 atom stereocenters. The lowest BCUT2D eigenvalue weighted by atomic mass is 10.1. The van der Waals surface area contributed by atoms with Crippen LogP contribution in [0.3, 0.4) is 0 Å². The van der Waals surface area contributed by atoms with Gasteiger partial charge >= 0.3 is 0 Å². The fraction of sp³-hybridized carbons (Fsp3) is 0.909. The van der Waals surface area contributed by atoms with Crippen LogP contribution in [0, 0.1) is 0 Å². The minimum absolute atomic E-state index is 0.125. The minimum atomic E-state index is -0.693. The molecule has 2 N–H and O–H groups in total. The number of nitrogens with one attached hydrogen (secondary N) is 1. The molecular weight excluding hydrogens is 192 g/mol. The first-order chi connectivity index (χ1) is 6.87. The molecule has 1 fully saturated rings. The Balaban J connectivity index is 2.09. The quantitative estimate of drug-likeness (QED) is 0.671. The molecule has 0 heterocycles. The lowest BCUT2D eigenvalue weighted by Gasteiger charge is -2.25. The number of aliphatic hydroxyl groups is 1. The monoisotopic (exact) mass is 214 g/mol. The number of likely N-dealkylation sites (N-methyl/N-ethyl adjacent to an activating group) is 1. The van der Waals surface area contributed by atoms with E-state index in [-0.39, 0.29) is 5.91 Å². The molecule has 15 heavy (non-hydrogen) atoms. The molecule has 0 saturated heterocycles. The zero-order chi connectivity index (χ0) is 11.5. The lowest BCUT2D eigenvalue weighted by Crippen LogP contribution is -2.38. The first-order valence-electron chi connectivity index (χ1n) is 5.57. The fourth-order valence-electron chi connectivity index (χ4n) is 1.56. The number of hydrogen-bond donors (Lipinski definition) is 2. The molecule has 0 bridgehead atoms. The highest BCUT2D eigenvalue weighted by Gasteiger charge is 2.23. The lowest BCUT2D eigenvalue weighted by molar-refractivity contribution is -0.121. The molecule has 0 aromatic carbocycles. The van der Waals surface area contributed by atoms with Crippen molar-refractivity contribution in [1.29, 1.82) is 0 Å². The Hall–Kier alpha value is -0.610. The van der Waals surface area contributed by atoms with Crippen molar-refractivity contribution >= 4 is 5.91 Å². The topological polar surface area (TPSA) is 52.6 Å². The van der Waals surface area contributed by atoms with Crippen LogP contribution in [0.4, 0.5) is 0 Å². The Morgan fingerprint density at radius 1 is 1.53 bits per heavy atom. The zero-order valence-corrected chi connectivity index (χ0v) is 9.92. The molecule has 4 nitrogen and oxygen atoms in total. The van der Waals surface area contributed by atoms with Gasteiger partial charge in [0.25, 0.3) is 0 Å². The van der Waals surface area contributed by atoms with Gasteiger partial charge in [-0.15, -0.1) is 0 Å². The van der Waals surface area contributed by atoms with Crippen molar-refractivity contribution in [2.24, 2.45) is 0 Å². The van der Waals surface area contributed by atoms with E-state index in [1.165, 1.54) is 0 Å². The van der Waals surface area contributed by atoms with Crippen molar-refractivity contribution in [3.05, 3.63) is 0 Å². The summed E-state index contributed by atoms with van der Waals surface area (Å²) in [4.78, 5) is 13.3. The smallest absolute Gasteiger partial charge is 0.221 e. The maximum Gasteiger partial charge on any atom is 0.221 e. The first-order valence-corrected chi connectivity index (χ1v) is 5.57. The molecule has 1 aliphatic carbocycles. The van der Waals surface area contributed by atoms with E-state index in [2.05, 4.69) is 5.32 Å². The van der Waals surface area contributed by atoms with Crippen molar-refractivity contribution in [1.82, 2.24) is 10.2 Å². The molecule has 1 saturated carbocycles. The molecule has 0 aromatic rings. The highest BCUT2D eigenvalue weighted by molar-refractivity contribution is 5.76. The summed E-state index contributed by atoms with van der Waals surface area (Å²) in [5.74, 6) is 0.125. The summed E-state index contributed by atoms with van der Waals surface area (Å²) >= 11 is 0. The number of carbonyl (C=O) groups excluding carboxylic acids is 1. The van der Waals surface area contributed by atoms with E-state index >= 15 is 0 Å². The average molecular weight is 214 g/mol. The van der Waals surface area contributed by atoms with Gasteiger partial charge in [0.2, 0.25) is 5.91 Å². The summed E-state index contributed by atoms with van der Waals surface area (Å²) < 4.78 is 0. The molecule has 1 amide bonds. The maximum absolute atomic E-state index is 11.4. The van der Waals surface area contributed by atoms with Gasteiger partial charge in [0.05, 0.1) is 5.60 Å². The Labute approximate surface area is 91.6 Å². The van der Waals surface area contributed by atoms with E-state index in [0.29, 0.717) is 25.6 Å². The summed E-state index contributed by atoms with van der Waals surface area (Å²) in [6.45, 7) is 4.83. The second kappa shape index (κ2) is 4.94. The van der Waals surface area contributed by atoms with E-state index in [1.54, 1.807) is 13.8 Å². The largest absolute Gasteiger partial charge is 0.389 e. The van der Waals surface area contributed by atoms with E-state index in [1.807, 2.05) is 11.9 Å². The van der Waals surface area contributed by atoms with Gasteiger partial charge in [-0.3, -0.25) is 4.79 Å². The van der Waals surface area contributed by atoms with E-state index < -0.39 is 5.60 Å². The van der Waals surface area contributed by atoms with Gasteiger partial charge < -0.3 is 15.3 Å². The third-order valence-corrected chi connectivity index (χ3v) is 2.32. The predicted molar refractivity (Wildman–Crippen MR) is 59.6 cm³/mol. The van der Waals surface area contributed by atoms with Crippen LogP contribution < -0.4 is 5.32 Å². The molecule has 1 rings (SSSR count). The predicted octanol–water partition coefficient (Wildman–Crippen LogP) is 0.358.